The number of nitrogens with zero attached hydrogens (tertiary/aromatic N) is 6. The van der Waals surface area contributed by atoms with E-state index < -0.39 is 4.92 Å². The molecule has 2 aromatic carbocycles. The summed E-state index contributed by atoms with van der Waals surface area (Å²) < 4.78 is 0. The second-order valence-electron chi connectivity index (χ2n) is 17.7. The smallest absolute Gasteiger partial charge is 0.269 e. The minimum absolute atomic E-state index is 0.00816. The van der Waals surface area contributed by atoms with Gasteiger partial charge in [0.1, 0.15) is 0 Å². The number of benzene rings is 2. The van der Waals surface area contributed by atoms with Crippen LogP contribution in [0.1, 0.15) is 78.9 Å². The van der Waals surface area contributed by atoms with Crippen LogP contribution < -0.4 is 4.90 Å². The van der Waals surface area contributed by atoms with E-state index in [1.54, 1.807) is 12.1 Å². The monoisotopic (exact) mass is 954 g/mol. The Kier molecular flexibility index (Phi) is 11.2. The van der Waals surface area contributed by atoms with E-state index in [0.717, 1.165) is 89.3 Å². The van der Waals surface area contributed by atoms with Gasteiger partial charge in [-0.15, -0.1) is 0 Å². The Balaban J connectivity index is 0.934. The van der Waals surface area contributed by atoms with Crippen LogP contribution in [0.5, 0.6) is 0 Å². The molecule has 0 saturated carbocycles. The van der Waals surface area contributed by atoms with Gasteiger partial charge in [-0.05, 0) is 181 Å². The van der Waals surface area contributed by atoms with Gasteiger partial charge >= 0.3 is 0 Å². The number of hydrogen-bond donors (Lipinski definition) is 4. The van der Waals surface area contributed by atoms with Crippen LogP contribution >= 0.6 is 0 Å². The Morgan fingerprint density at radius 2 is 0.743 bits per heavy atom. The summed E-state index contributed by atoms with van der Waals surface area (Å²) in [7, 11) is 4.04. The van der Waals surface area contributed by atoms with Crippen molar-refractivity contribution in [2.75, 3.05) is 19.0 Å². The number of aromatic nitrogens is 8. The highest BCUT2D eigenvalue weighted by atomic mass is 16.6. The minimum atomic E-state index is -0.426. The molecular formula is C62H38N10O2. The molecule has 0 radical (unpaired) electrons. The Labute approximate surface area is 423 Å². The van der Waals surface area contributed by atoms with Crippen LogP contribution in [-0.4, -0.2) is 58.9 Å². The van der Waals surface area contributed by atoms with Crippen LogP contribution in [0.25, 0.3) is 92.7 Å². The van der Waals surface area contributed by atoms with E-state index in [2.05, 4.69) is 84.3 Å². The molecule has 8 aromatic rings. The molecule has 0 amide bonds. The summed E-state index contributed by atoms with van der Waals surface area (Å²) in [5, 5.41) is 11.2. The fourth-order valence-corrected chi connectivity index (χ4v) is 8.64. The maximum atomic E-state index is 11.2. The molecule has 4 aliphatic rings. The van der Waals surface area contributed by atoms with Gasteiger partial charge in [-0.25, -0.2) is 19.9 Å². The van der Waals surface area contributed by atoms with E-state index >= 15 is 0 Å². The fraction of sp³-hybridized carbons (Fsp3) is 0.0323. The van der Waals surface area contributed by atoms with Gasteiger partial charge in [0.05, 0.1) is 94.8 Å². The number of rotatable bonds is 2. The Morgan fingerprint density at radius 3 is 1.07 bits per heavy atom. The number of fused-ring (bicyclic) bond motifs is 16. The van der Waals surface area contributed by atoms with Crippen molar-refractivity contribution >= 4 is 104 Å². The number of anilines is 1. The molecular weight excluding hydrogens is 917 g/mol. The molecule has 16 bridgehead atoms. The van der Waals surface area contributed by atoms with Gasteiger partial charge in [-0.1, -0.05) is 23.7 Å². The van der Waals surface area contributed by atoms with Gasteiger partial charge in [-0.3, -0.25) is 10.1 Å². The Bertz CT molecular complexity index is 4260. The van der Waals surface area contributed by atoms with Crippen LogP contribution in [0.2, 0.25) is 0 Å². The SMILES string of the molecule is CN(C)c1ccc(C#Cc2c3ccc(cc4nc(c(C#CC#Cc5c6nc(cc7ccc([nH]7)c(C#Cc7ccc([N+](=O)[O-])cc7)c7ccc(cc8nc5C=C8)[nH]7)C=C6)c5nc(cc6ccc2[nH]6)C=C5)C=C4)[nH]3)cc1. The number of non-ortho nitro benzene ring substituents is 1. The molecule has 4 N–H and O–H groups in total. The van der Waals surface area contributed by atoms with Crippen LogP contribution in [0, 0.1) is 57.5 Å². The number of aromatic amines is 4. The van der Waals surface area contributed by atoms with Crippen LogP contribution in [0.15, 0.2) is 121 Å². The van der Waals surface area contributed by atoms with Crippen LogP contribution in [-0.2, 0) is 0 Å². The molecule has 0 unspecified atom stereocenters. The third kappa shape index (κ3) is 9.29. The molecule has 10 heterocycles. The maximum absolute atomic E-state index is 11.2. The Hall–Kier alpha value is -10.9. The van der Waals surface area contributed by atoms with E-state index in [9.17, 15) is 10.1 Å². The number of hydrogen-bond acceptors (Lipinski definition) is 7. The molecule has 12 rings (SSSR count). The molecule has 0 spiro atoms. The summed E-state index contributed by atoms with van der Waals surface area (Å²) in [4.78, 5) is 46.9. The summed E-state index contributed by atoms with van der Waals surface area (Å²) in [6.45, 7) is 0. The van der Waals surface area contributed by atoms with Gasteiger partial charge in [0.2, 0.25) is 0 Å². The first kappa shape index (κ1) is 44.3. The third-order valence-corrected chi connectivity index (χ3v) is 12.4. The molecule has 348 valence electrons. The van der Waals surface area contributed by atoms with E-state index in [4.69, 9.17) is 19.9 Å². The lowest BCUT2D eigenvalue weighted by Crippen LogP contribution is -2.07. The Morgan fingerprint density at radius 1 is 0.405 bits per heavy atom. The van der Waals surface area contributed by atoms with E-state index in [-0.39, 0.29) is 5.69 Å². The highest BCUT2D eigenvalue weighted by molar-refractivity contribution is 5.86. The standard InChI is InChI=1S/C62H38N10O2/c1-71(2)49-21-7-39(8-22-49)11-25-53-59-31-17-45(67-59)35-41-13-27-55(63-41)51(56-28-14-42(64-56)36-46-18-32-60(53)68-46)5-3-4-6-52-57-29-15-43(65-57)37-47-19-33-61(69-47)54(26-12-40-9-23-50(24-10-40)72(73)74)62-34-20-48(70-62)38-44-16-30-58(52)66-44/h7-10,13-24,27-38,67-70H,1-2H3. The summed E-state index contributed by atoms with van der Waals surface area (Å²) in [5.41, 5.74) is 17.8. The van der Waals surface area contributed by atoms with Gasteiger partial charge in [0.25, 0.3) is 5.69 Å². The highest BCUT2D eigenvalue weighted by Gasteiger charge is 2.13. The van der Waals surface area contributed by atoms with Crippen LogP contribution in [0.4, 0.5) is 11.4 Å². The average molecular weight is 955 g/mol. The van der Waals surface area contributed by atoms with Crippen molar-refractivity contribution in [1.82, 2.24) is 39.9 Å². The number of nitrogens with one attached hydrogen (secondary N) is 4. The lowest BCUT2D eigenvalue weighted by atomic mass is 10.1. The topological polar surface area (TPSA) is 161 Å². The summed E-state index contributed by atoms with van der Waals surface area (Å²) >= 11 is 0. The van der Waals surface area contributed by atoms with Crippen molar-refractivity contribution in [3.05, 3.63) is 210 Å². The van der Waals surface area contributed by atoms with Gasteiger partial charge < -0.3 is 24.8 Å². The zero-order valence-corrected chi connectivity index (χ0v) is 39.7. The van der Waals surface area contributed by atoms with Crippen molar-refractivity contribution < 1.29 is 4.92 Å². The third-order valence-electron chi connectivity index (χ3n) is 12.4. The maximum Gasteiger partial charge on any atom is 0.269 e. The molecule has 0 aliphatic carbocycles. The second-order valence-corrected chi connectivity index (χ2v) is 17.7. The first-order valence-corrected chi connectivity index (χ1v) is 23.5. The summed E-state index contributed by atoms with van der Waals surface area (Å²) in [5.74, 6) is 26.1. The number of nitro benzene ring substituents is 1. The van der Waals surface area contributed by atoms with E-state index in [1.807, 2.05) is 148 Å². The molecule has 0 fully saturated rings. The predicted molar refractivity (Wildman–Crippen MR) is 297 cm³/mol. The van der Waals surface area contributed by atoms with Gasteiger partial charge in [-0.2, -0.15) is 0 Å². The second kappa shape index (κ2) is 18.8. The lowest BCUT2D eigenvalue weighted by molar-refractivity contribution is -0.384. The first-order chi connectivity index (χ1) is 36.2. The van der Waals surface area contributed by atoms with Gasteiger partial charge in [0, 0.05) is 65.1 Å². The summed E-state index contributed by atoms with van der Waals surface area (Å²) in [6, 6.07) is 38.3. The first-order valence-electron chi connectivity index (χ1n) is 23.5. The zero-order chi connectivity index (χ0) is 50.1. The number of H-pyrrole nitrogens is 4. The highest BCUT2D eigenvalue weighted by Crippen LogP contribution is 2.26. The molecule has 0 atom stereocenters. The summed E-state index contributed by atoms with van der Waals surface area (Å²) in [6.07, 6.45) is 15.6. The molecule has 74 heavy (non-hydrogen) atoms. The normalized spacial score (nSPS) is 11.6. The lowest BCUT2D eigenvalue weighted by Gasteiger charge is -2.11. The van der Waals surface area contributed by atoms with Crippen molar-refractivity contribution in [2.24, 2.45) is 0 Å². The van der Waals surface area contributed by atoms with Crippen LogP contribution in [0.3, 0.4) is 0 Å². The van der Waals surface area contributed by atoms with E-state index in [0.29, 0.717) is 39.5 Å². The van der Waals surface area contributed by atoms with E-state index in [1.165, 1.54) is 12.1 Å². The molecule has 12 nitrogen and oxygen atoms in total. The number of nitro groups is 1. The quantitative estimate of drug-likeness (QED) is 0.0762. The fourth-order valence-electron chi connectivity index (χ4n) is 8.64. The largest absolute Gasteiger partial charge is 0.378 e. The zero-order valence-electron chi connectivity index (χ0n) is 39.7. The van der Waals surface area contributed by atoms with Crippen molar-refractivity contribution in [3.8, 4) is 47.4 Å². The van der Waals surface area contributed by atoms with Crippen molar-refractivity contribution in [3.63, 3.8) is 0 Å². The minimum Gasteiger partial charge on any atom is -0.378 e. The molecule has 4 aliphatic heterocycles. The van der Waals surface area contributed by atoms with Crippen molar-refractivity contribution in [1.29, 1.82) is 0 Å². The average Bonchev–Trinajstić information content (AvgIpc) is 4.25. The molecule has 0 saturated heterocycles. The molecule has 6 aromatic heterocycles. The predicted octanol–water partition coefficient (Wildman–Crippen LogP) is 11.8. The van der Waals surface area contributed by atoms with Gasteiger partial charge in [0.15, 0.2) is 0 Å². The van der Waals surface area contributed by atoms with Crippen molar-refractivity contribution in [2.45, 2.75) is 0 Å². The molecule has 12 heteroatoms.